The molecule has 3 fully saturated rings. The molecule has 3 saturated heterocycles. The van der Waals surface area contributed by atoms with Crippen molar-refractivity contribution in [2.75, 3.05) is 19.6 Å². The number of hydrogen-bond acceptors (Lipinski definition) is 4. The van der Waals surface area contributed by atoms with Gasteiger partial charge in [-0.2, -0.15) is 0 Å². The summed E-state index contributed by atoms with van der Waals surface area (Å²) in [6.07, 6.45) is 6.51. The average Bonchev–Trinajstić information content (AvgIpc) is 3.21. The number of carbonyl (C=O) groups excluding carboxylic acids is 1. The SMILES string of the molecule is CC1C(NC(=O)c2ccc(C3=NCC=C3)s2)C2CCN1CC2. The molecular formula is C17H21N3OS. The summed E-state index contributed by atoms with van der Waals surface area (Å²) in [4.78, 5) is 21.4. The second-order valence-corrected chi connectivity index (χ2v) is 7.49. The Morgan fingerprint density at radius 2 is 2.18 bits per heavy atom. The number of nitrogens with zero attached hydrogens (tertiary/aromatic N) is 2. The molecule has 2 unspecified atom stereocenters. The molecular weight excluding hydrogens is 294 g/mol. The summed E-state index contributed by atoms with van der Waals surface area (Å²) in [6.45, 7) is 5.38. The molecule has 0 aliphatic carbocycles. The summed E-state index contributed by atoms with van der Waals surface area (Å²) in [5.74, 6) is 0.718. The number of thiophene rings is 1. The van der Waals surface area contributed by atoms with Crippen LogP contribution >= 0.6 is 11.3 Å². The van der Waals surface area contributed by atoms with Crippen molar-refractivity contribution in [3.63, 3.8) is 0 Å². The van der Waals surface area contributed by atoms with E-state index >= 15 is 0 Å². The molecule has 0 radical (unpaired) electrons. The first-order chi connectivity index (χ1) is 10.7. The molecule has 1 amide bonds. The van der Waals surface area contributed by atoms with Crippen molar-refractivity contribution in [2.24, 2.45) is 10.9 Å². The van der Waals surface area contributed by atoms with E-state index in [1.165, 1.54) is 25.9 Å². The number of carbonyl (C=O) groups is 1. The molecule has 2 atom stereocenters. The Bertz CT molecular complexity index is 638. The fourth-order valence-electron chi connectivity index (χ4n) is 3.89. The Morgan fingerprint density at radius 1 is 1.36 bits per heavy atom. The summed E-state index contributed by atoms with van der Waals surface area (Å²) in [5.41, 5.74) is 1.00. The lowest BCUT2D eigenvalue weighted by Crippen LogP contribution is -2.62. The van der Waals surface area contributed by atoms with Gasteiger partial charge >= 0.3 is 0 Å². The lowest BCUT2D eigenvalue weighted by Gasteiger charge is -2.49. The highest BCUT2D eigenvalue weighted by Crippen LogP contribution is 2.32. The van der Waals surface area contributed by atoms with Crippen LogP contribution < -0.4 is 5.32 Å². The first-order valence-electron chi connectivity index (χ1n) is 8.08. The number of amides is 1. The number of rotatable bonds is 3. The number of piperidine rings is 3. The highest BCUT2D eigenvalue weighted by molar-refractivity contribution is 7.16. The van der Waals surface area contributed by atoms with Crippen LogP contribution in [0, 0.1) is 5.92 Å². The van der Waals surface area contributed by atoms with Crippen molar-refractivity contribution in [3.05, 3.63) is 34.0 Å². The van der Waals surface area contributed by atoms with E-state index in [1.807, 2.05) is 24.3 Å². The van der Waals surface area contributed by atoms with Crippen LogP contribution in [0.2, 0.25) is 0 Å². The van der Waals surface area contributed by atoms with Crippen molar-refractivity contribution in [1.29, 1.82) is 0 Å². The van der Waals surface area contributed by atoms with Crippen molar-refractivity contribution >= 4 is 23.0 Å². The predicted molar refractivity (Wildman–Crippen MR) is 89.9 cm³/mol. The van der Waals surface area contributed by atoms with Crippen molar-refractivity contribution in [3.8, 4) is 0 Å². The highest BCUT2D eigenvalue weighted by atomic mass is 32.1. The minimum Gasteiger partial charge on any atom is -0.347 e. The Balaban J connectivity index is 1.47. The lowest BCUT2D eigenvalue weighted by molar-refractivity contribution is 0.0218. The van der Waals surface area contributed by atoms with Crippen LogP contribution in [0.5, 0.6) is 0 Å². The summed E-state index contributed by atoms with van der Waals surface area (Å²) in [6, 6.07) is 4.69. The van der Waals surface area contributed by atoms with E-state index in [4.69, 9.17) is 0 Å². The molecule has 1 aromatic rings. The third-order valence-electron chi connectivity index (χ3n) is 5.20. The van der Waals surface area contributed by atoms with Gasteiger partial charge < -0.3 is 5.32 Å². The van der Waals surface area contributed by atoms with Gasteiger partial charge in [0.2, 0.25) is 0 Å². The van der Waals surface area contributed by atoms with E-state index in [1.54, 1.807) is 11.3 Å². The molecule has 0 spiro atoms. The van der Waals surface area contributed by atoms with Crippen LogP contribution in [-0.2, 0) is 0 Å². The third kappa shape index (κ3) is 2.42. The van der Waals surface area contributed by atoms with Crippen LogP contribution in [0.25, 0.3) is 0 Å². The van der Waals surface area contributed by atoms with Gasteiger partial charge in [-0.25, -0.2) is 0 Å². The van der Waals surface area contributed by atoms with E-state index in [9.17, 15) is 4.79 Å². The molecule has 5 heterocycles. The normalized spacial score (nSPS) is 33.0. The number of fused-ring (bicyclic) bond motifs is 3. The van der Waals surface area contributed by atoms with E-state index in [2.05, 4.69) is 22.1 Å². The fourth-order valence-corrected chi connectivity index (χ4v) is 4.79. The maximum Gasteiger partial charge on any atom is 0.261 e. The minimum absolute atomic E-state index is 0.0735. The molecule has 4 nitrogen and oxygen atoms in total. The van der Waals surface area contributed by atoms with Crippen LogP contribution in [0.3, 0.4) is 0 Å². The Kier molecular flexibility index (Phi) is 3.62. The molecule has 1 N–H and O–H groups in total. The van der Waals surface area contributed by atoms with Crippen LogP contribution in [-0.4, -0.2) is 48.2 Å². The highest BCUT2D eigenvalue weighted by Gasteiger charge is 2.40. The number of hydrogen-bond donors (Lipinski definition) is 1. The third-order valence-corrected chi connectivity index (χ3v) is 6.31. The summed E-state index contributed by atoms with van der Waals surface area (Å²) in [5, 5.41) is 3.29. The van der Waals surface area contributed by atoms with Gasteiger partial charge in [0.25, 0.3) is 5.91 Å². The molecule has 0 aromatic carbocycles. The molecule has 0 saturated carbocycles. The predicted octanol–water partition coefficient (Wildman–Crippen LogP) is 2.32. The second-order valence-electron chi connectivity index (χ2n) is 6.41. The average molecular weight is 315 g/mol. The molecule has 5 heteroatoms. The maximum atomic E-state index is 12.6. The molecule has 22 heavy (non-hydrogen) atoms. The van der Waals surface area contributed by atoms with Gasteiger partial charge in [0.05, 0.1) is 22.0 Å². The monoisotopic (exact) mass is 315 g/mol. The van der Waals surface area contributed by atoms with Gasteiger partial charge in [0.15, 0.2) is 0 Å². The van der Waals surface area contributed by atoms with Crippen molar-refractivity contribution < 1.29 is 4.79 Å². The molecule has 116 valence electrons. The van der Waals surface area contributed by atoms with Crippen LogP contribution in [0.15, 0.2) is 29.3 Å². The fraction of sp³-hybridized carbons (Fsp3) is 0.529. The standard InChI is InChI=1S/C17H21N3OS/c1-11-16(12-6-9-20(11)10-7-12)19-17(21)15-5-4-14(22-15)13-3-2-8-18-13/h2-5,11-12,16H,6-10H2,1H3,(H,19,21). The molecule has 1 aromatic heterocycles. The number of aliphatic imine (C=N–C) groups is 1. The first kappa shape index (κ1) is 14.2. The van der Waals surface area contributed by atoms with E-state index in [0.29, 0.717) is 18.0 Å². The topological polar surface area (TPSA) is 44.7 Å². The van der Waals surface area contributed by atoms with Crippen LogP contribution in [0.4, 0.5) is 0 Å². The number of nitrogens with one attached hydrogen (secondary N) is 1. The van der Waals surface area contributed by atoms with Gasteiger partial charge in [0, 0.05) is 12.1 Å². The molecule has 5 rings (SSSR count). The zero-order valence-corrected chi connectivity index (χ0v) is 13.6. The largest absolute Gasteiger partial charge is 0.347 e. The summed E-state index contributed by atoms with van der Waals surface area (Å²) >= 11 is 1.54. The van der Waals surface area contributed by atoms with Gasteiger partial charge in [-0.05, 0) is 57.0 Å². The van der Waals surface area contributed by atoms with Crippen LogP contribution in [0.1, 0.15) is 34.3 Å². The lowest BCUT2D eigenvalue weighted by atomic mass is 9.79. The van der Waals surface area contributed by atoms with E-state index in [-0.39, 0.29) is 5.91 Å². The Labute approximate surface area is 134 Å². The zero-order valence-electron chi connectivity index (χ0n) is 12.8. The smallest absolute Gasteiger partial charge is 0.261 e. The van der Waals surface area contributed by atoms with Gasteiger partial charge in [-0.3, -0.25) is 14.7 Å². The maximum absolute atomic E-state index is 12.6. The quantitative estimate of drug-likeness (QED) is 0.930. The zero-order chi connectivity index (χ0) is 15.1. The minimum atomic E-state index is 0.0735. The molecule has 4 aliphatic rings. The summed E-state index contributed by atoms with van der Waals surface area (Å²) in [7, 11) is 0. The Morgan fingerprint density at radius 3 is 2.86 bits per heavy atom. The first-order valence-corrected chi connectivity index (χ1v) is 8.90. The van der Waals surface area contributed by atoms with Crippen molar-refractivity contribution in [2.45, 2.75) is 31.8 Å². The molecule has 4 aliphatic heterocycles. The molecule has 2 bridgehead atoms. The Hall–Kier alpha value is -1.46. The van der Waals surface area contributed by atoms with Crippen molar-refractivity contribution in [1.82, 2.24) is 10.2 Å². The van der Waals surface area contributed by atoms with Gasteiger partial charge in [-0.15, -0.1) is 11.3 Å². The van der Waals surface area contributed by atoms with Gasteiger partial charge in [-0.1, -0.05) is 6.08 Å². The second kappa shape index (κ2) is 5.63. The number of allylic oxidation sites excluding steroid dienone is 1. The summed E-state index contributed by atoms with van der Waals surface area (Å²) < 4.78 is 0. The van der Waals surface area contributed by atoms with Gasteiger partial charge in [0.1, 0.15) is 0 Å². The van der Waals surface area contributed by atoms with E-state index in [0.717, 1.165) is 22.0 Å². The van der Waals surface area contributed by atoms with E-state index < -0.39 is 0 Å².